The summed E-state index contributed by atoms with van der Waals surface area (Å²) in [6.45, 7) is 1.02. The maximum atomic E-state index is 11.6. The summed E-state index contributed by atoms with van der Waals surface area (Å²) in [5.41, 5.74) is -0.862. The smallest absolute Gasteiger partial charge is 0.297 e. The van der Waals surface area contributed by atoms with E-state index >= 15 is 0 Å². The van der Waals surface area contributed by atoms with Crippen molar-refractivity contribution in [3.63, 3.8) is 0 Å². The van der Waals surface area contributed by atoms with Gasteiger partial charge in [0, 0.05) is 0 Å². The number of rotatable bonds is 5. The lowest BCUT2D eigenvalue weighted by Crippen LogP contribution is -2.22. The summed E-state index contributed by atoms with van der Waals surface area (Å²) in [5, 5.41) is 8.67. The quantitative estimate of drug-likeness (QED) is 0.637. The molecule has 1 aromatic rings. The number of halogens is 1. The molecule has 7 heteroatoms. The molecule has 1 aromatic carbocycles. The van der Waals surface area contributed by atoms with Crippen molar-refractivity contribution in [1.29, 1.82) is 0 Å². The van der Waals surface area contributed by atoms with Crippen molar-refractivity contribution in [3.05, 3.63) is 29.8 Å². The number of benzene rings is 1. The topological polar surface area (TPSA) is 80.7 Å². The van der Waals surface area contributed by atoms with Crippen LogP contribution in [0.4, 0.5) is 0 Å². The van der Waals surface area contributed by atoms with E-state index in [0.717, 1.165) is 5.56 Å². The molecule has 1 atom stereocenters. The Bertz CT molecular complexity index is 492. The van der Waals surface area contributed by atoms with Crippen molar-refractivity contribution < 1.29 is 22.5 Å². The van der Waals surface area contributed by atoms with Crippen molar-refractivity contribution in [3.8, 4) is 0 Å². The molecule has 0 radical (unpaired) electrons. The van der Waals surface area contributed by atoms with Crippen LogP contribution < -0.4 is 0 Å². The van der Waals surface area contributed by atoms with Gasteiger partial charge in [-0.25, -0.2) is 0 Å². The molecule has 17 heavy (non-hydrogen) atoms. The second-order valence-corrected chi connectivity index (χ2v) is 5.36. The Morgan fingerprint density at radius 1 is 1.41 bits per heavy atom. The number of aliphatic hydroxyl groups excluding tert-OH is 1. The average molecular weight is 279 g/mol. The Kier molecular flexibility index (Phi) is 4.64. The summed E-state index contributed by atoms with van der Waals surface area (Å²) < 4.78 is 27.6. The van der Waals surface area contributed by atoms with Crippen molar-refractivity contribution >= 4 is 27.5 Å². The molecular weight excluding hydrogens is 268 g/mol. The number of alkyl halides is 1. The molecule has 0 fully saturated rings. The fourth-order valence-electron chi connectivity index (χ4n) is 0.977. The Hall–Kier alpha value is -0.950. The van der Waals surface area contributed by atoms with Gasteiger partial charge in [0.15, 0.2) is 5.56 Å². The van der Waals surface area contributed by atoms with Crippen molar-refractivity contribution in [2.75, 3.05) is 6.61 Å². The second kappa shape index (κ2) is 5.59. The fraction of sp³-hybridized carbons (Fsp3) is 0.300. The molecule has 0 aliphatic carbocycles. The van der Waals surface area contributed by atoms with Gasteiger partial charge in [-0.05, 0) is 19.1 Å². The molecular formula is C10H11ClO5S. The highest BCUT2D eigenvalue weighted by Gasteiger charge is 2.19. The van der Waals surface area contributed by atoms with E-state index in [2.05, 4.69) is 4.18 Å². The number of hydrogen-bond donors (Lipinski definition) is 1. The molecule has 1 unspecified atom stereocenters. The van der Waals surface area contributed by atoms with Crippen LogP contribution in [0.15, 0.2) is 29.2 Å². The Balaban J connectivity index is 2.76. The molecule has 5 nitrogen and oxygen atoms in total. The van der Waals surface area contributed by atoms with Crippen LogP contribution in [0.1, 0.15) is 5.56 Å². The van der Waals surface area contributed by atoms with Gasteiger partial charge in [0.25, 0.3) is 10.1 Å². The highest BCUT2D eigenvalue weighted by atomic mass is 35.5. The van der Waals surface area contributed by atoms with Crippen molar-refractivity contribution in [2.24, 2.45) is 0 Å². The van der Waals surface area contributed by atoms with Crippen LogP contribution in [0.3, 0.4) is 0 Å². The van der Waals surface area contributed by atoms with E-state index in [9.17, 15) is 13.2 Å². The summed E-state index contributed by atoms with van der Waals surface area (Å²) in [6, 6.07) is 5.95. The monoisotopic (exact) mass is 278 g/mol. The lowest BCUT2D eigenvalue weighted by Gasteiger charge is -2.05. The SMILES string of the molecule is Cc1ccc(S(=O)(=O)OCC(=O)C(O)Cl)cc1. The van der Waals surface area contributed by atoms with Gasteiger partial charge >= 0.3 is 0 Å². The first-order chi connectivity index (χ1) is 7.83. The molecule has 0 aliphatic heterocycles. The minimum absolute atomic E-state index is 0.0556. The maximum absolute atomic E-state index is 11.6. The zero-order valence-electron chi connectivity index (χ0n) is 8.96. The summed E-state index contributed by atoms with van der Waals surface area (Å²) >= 11 is 5.06. The molecule has 94 valence electrons. The van der Waals surface area contributed by atoms with E-state index in [1.807, 2.05) is 6.92 Å². The summed E-state index contributed by atoms with van der Waals surface area (Å²) in [5.74, 6) is -0.914. The van der Waals surface area contributed by atoms with Crippen LogP contribution in [-0.2, 0) is 19.1 Å². The van der Waals surface area contributed by atoms with Gasteiger partial charge < -0.3 is 5.11 Å². The van der Waals surface area contributed by atoms with Crippen molar-refractivity contribution in [1.82, 2.24) is 0 Å². The average Bonchev–Trinajstić information content (AvgIpc) is 2.26. The molecule has 0 spiro atoms. The van der Waals surface area contributed by atoms with E-state index in [-0.39, 0.29) is 4.90 Å². The van der Waals surface area contributed by atoms with Crippen molar-refractivity contribution in [2.45, 2.75) is 17.4 Å². The number of carbonyl (C=O) groups excluding carboxylic acids is 1. The van der Waals surface area contributed by atoms with E-state index in [0.29, 0.717) is 0 Å². The van der Waals surface area contributed by atoms with Gasteiger partial charge in [-0.1, -0.05) is 29.3 Å². The minimum atomic E-state index is -4.00. The number of aliphatic hydroxyl groups is 1. The third-order valence-corrected chi connectivity index (χ3v) is 3.45. The standard InChI is InChI=1S/C10H11ClO5S/c1-7-2-4-8(5-3-7)17(14,15)16-6-9(12)10(11)13/h2-5,10,13H,6H2,1H3. The largest absolute Gasteiger partial charge is 0.371 e. The molecule has 0 bridgehead atoms. The Morgan fingerprint density at radius 3 is 2.41 bits per heavy atom. The first-order valence-electron chi connectivity index (χ1n) is 4.64. The highest BCUT2D eigenvalue weighted by Crippen LogP contribution is 2.13. The normalized spacial score (nSPS) is 13.4. The van der Waals surface area contributed by atoms with Crippen LogP contribution >= 0.6 is 11.6 Å². The second-order valence-electron chi connectivity index (χ2n) is 3.33. The van der Waals surface area contributed by atoms with Gasteiger partial charge in [-0.3, -0.25) is 8.98 Å². The zero-order chi connectivity index (χ0) is 13.1. The Labute approximate surface area is 104 Å². The first kappa shape index (κ1) is 14.1. The molecule has 0 heterocycles. The van der Waals surface area contributed by atoms with Gasteiger partial charge in [0.1, 0.15) is 6.61 Å². The molecule has 0 saturated heterocycles. The summed E-state index contributed by atoms with van der Waals surface area (Å²) in [6.07, 6.45) is 0. The number of aryl methyl sites for hydroxylation is 1. The number of ketones is 1. The summed E-state index contributed by atoms with van der Waals surface area (Å²) in [7, 11) is -4.00. The predicted molar refractivity (Wildman–Crippen MR) is 61.2 cm³/mol. The molecule has 0 aromatic heterocycles. The van der Waals surface area contributed by atoms with E-state index in [4.69, 9.17) is 16.7 Å². The fourth-order valence-corrected chi connectivity index (χ4v) is 1.92. The Morgan fingerprint density at radius 2 is 1.94 bits per heavy atom. The number of carbonyl (C=O) groups is 1. The van der Waals surface area contributed by atoms with E-state index in [1.54, 1.807) is 12.1 Å². The van der Waals surface area contributed by atoms with Crippen LogP contribution in [0.25, 0.3) is 0 Å². The van der Waals surface area contributed by atoms with Crippen LogP contribution in [0.5, 0.6) is 0 Å². The zero-order valence-corrected chi connectivity index (χ0v) is 10.5. The van der Waals surface area contributed by atoms with Crippen LogP contribution in [-0.4, -0.2) is 31.5 Å². The lowest BCUT2D eigenvalue weighted by molar-refractivity contribution is -0.125. The number of Topliss-reactive ketones (excluding diaryl/α,β-unsaturated/α-hetero) is 1. The molecule has 0 amide bonds. The number of hydrogen-bond acceptors (Lipinski definition) is 5. The van der Waals surface area contributed by atoms with Gasteiger partial charge in [-0.2, -0.15) is 8.42 Å². The van der Waals surface area contributed by atoms with Gasteiger partial charge in [0.05, 0.1) is 4.90 Å². The minimum Gasteiger partial charge on any atom is -0.371 e. The highest BCUT2D eigenvalue weighted by molar-refractivity contribution is 7.86. The van der Waals surface area contributed by atoms with Gasteiger partial charge in [0.2, 0.25) is 5.78 Å². The molecule has 1 N–H and O–H groups in total. The van der Waals surface area contributed by atoms with Crippen LogP contribution in [0.2, 0.25) is 0 Å². The third kappa shape index (κ3) is 4.08. The molecule has 1 rings (SSSR count). The van der Waals surface area contributed by atoms with E-state index < -0.39 is 28.1 Å². The molecule has 0 saturated carbocycles. The van der Waals surface area contributed by atoms with Gasteiger partial charge in [-0.15, -0.1) is 0 Å². The molecule has 0 aliphatic rings. The predicted octanol–water partition coefficient (Wildman–Crippen LogP) is 0.827. The van der Waals surface area contributed by atoms with E-state index in [1.165, 1.54) is 12.1 Å². The first-order valence-corrected chi connectivity index (χ1v) is 6.48. The third-order valence-electron chi connectivity index (χ3n) is 1.93. The lowest BCUT2D eigenvalue weighted by atomic mass is 10.2. The maximum Gasteiger partial charge on any atom is 0.297 e. The van der Waals surface area contributed by atoms with Crippen LogP contribution in [0, 0.1) is 6.92 Å². The summed E-state index contributed by atoms with van der Waals surface area (Å²) in [4.78, 5) is 10.8.